The summed E-state index contributed by atoms with van der Waals surface area (Å²) in [6.07, 6.45) is 5.29. The third-order valence-corrected chi connectivity index (χ3v) is 6.25. The Morgan fingerprint density at radius 2 is 2.32 bits per heavy atom. The van der Waals surface area contributed by atoms with E-state index in [0.717, 1.165) is 43.7 Å². The van der Waals surface area contributed by atoms with Gasteiger partial charge in [0, 0.05) is 55.2 Å². The van der Waals surface area contributed by atoms with Crippen LogP contribution in [0.5, 0.6) is 0 Å². The second kappa shape index (κ2) is 10.7. The lowest BCUT2D eigenvalue weighted by atomic mass is 10.3. The van der Waals surface area contributed by atoms with E-state index in [1.165, 1.54) is 22.1 Å². The average Bonchev–Trinajstić information content (AvgIpc) is 2.99. The fourth-order valence-electron chi connectivity index (χ4n) is 2.40. The molecule has 0 amide bonds. The molecule has 1 aromatic heterocycles. The smallest absolute Gasteiger partial charge is 0.193 e. The Morgan fingerprint density at radius 3 is 2.95 bits per heavy atom. The number of rotatable bonds is 5. The minimum Gasteiger partial charge on any atom is -0.356 e. The molecular weight excluding hydrogens is 427 g/mol. The zero-order valence-electron chi connectivity index (χ0n) is 13.7. The quantitative estimate of drug-likeness (QED) is 0.421. The summed E-state index contributed by atoms with van der Waals surface area (Å²) >= 11 is 3.91. The van der Waals surface area contributed by atoms with Crippen LogP contribution in [0.2, 0.25) is 0 Å². The number of nitrogens with zero attached hydrogens (tertiary/aromatic N) is 3. The summed E-state index contributed by atoms with van der Waals surface area (Å²) in [5.41, 5.74) is 0. The maximum absolute atomic E-state index is 4.47. The fourth-order valence-corrected chi connectivity index (χ4v) is 4.44. The van der Waals surface area contributed by atoms with Crippen LogP contribution in [0.25, 0.3) is 0 Å². The van der Waals surface area contributed by atoms with Gasteiger partial charge in [-0.3, -0.25) is 4.99 Å². The third kappa shape index (κ3) is 5.88. The standard InChI is InChI=1S/C15H26N4S2.HI/c1-4-12-10-18-14(21-12)6-7-17-15(16-3)19-8-9-20-13(5-2)11-19;/h10,13H,4-9,11H2,1-3H3,(H,16,17);1H. The molecule has 1 unspecified atom stereocenters. The normalized spacial score (nSPS) is 19.0. The molecular formula is C15H27IN4S2. The van der Waals surface area contributed by atoms with E-state index in [1.807, 2.05) is 24.6 Å². The molecule has 1 aromatic rings. The zero-order chi connectivity index (χ0) is 15.1. The van der Waals surface area contributed by atoms with Crippen molar-refractivity contribution < 1.29 is 0 Å². The minimum atomic E-state index is 0. The number of hydrogen-bond donors (Lipinski definition) is 1. The van der Waals surface area contributed by atoms with Gasteiger partial charge < -0.3 is 10.2 Å². The molecule has 1 saturated heterocycles. The zero-order valence-corrected chi connectivity index (χ0v) is 17.6. The summed E-state index contributed by atoms with van der Waals surface area (Å²) in [4.78, 5) is 12.7. The predicted molar refractivity (Wildman–Crippen MR) is 110 cm³/mol. The molecule has 2 rings (SSSR count). The molecule has 0 aliphatic carbocycles. The number of thiazole rings is 1. The summed E-state index contributed by atoms with van der Waals surface area (Å²) in [7, 11) is 1.88. The molecule has 0 bridgehead atoms. The molecule has 0 radical (unpaired) electrons. The van der Waals surface area contributed by atoms with Crippen LogP contribution in [0.4, 0.5) is 0 Å². The second-order valence-electron chi connectivity index (χ2n) is 5.14. The van der Waals surface area contributed by atoms with Gasteiger partial charge in [0.1, 0.15) is 0 Å². The number of aryl methyl sites for hydroxylation is 1. The lowest BCUT2D eigenvalue weighted by molar-refractivity contribution is 0.408. The summed E-state index contributed by atoms with van der Waals surface area (Å²) in [6.45, 7) is 7.56. The summed E-state index contributed by atoms with van der Waals surface area (Å²) in [5.74, 6) is 2.24. The number of thioether (sulfide) groups is 1. The van der Waals surface area contributed by atoms with Crippen LogP contribution in [0.15, 0.2) is 11.2 Å². The minimum absolute atomic E-state index is 0. The molecule has 4 nitrogen and oxygen atoms in total. The Balaban J connectivity index is 0.00000242. The van der Waals surface area contributed by atoms with Gasteiger partial charge in [0.25, 0.3) is 0 Å². The van der Waals surface area contributed by atoms with Crippen molar-refractivity contribution in [2.24, 2.45) is 4.99 Å². The topological polar surface area (TPSA) is 40.5 Å². The van der Waals surface area contributed by atoms with Crippen molar-refractivity contribution in [3.8, 4) is 0 Å². The molecule has 0 spiro atoms. The highest BCUT2D eigenvalue weighted by atomic mass is 127. The fraction of sp³-hybridized carbons (Fsp3) is 0.733. The summed E-state index contributed by atoms with van der Waals surface area (Å²) < 4.78 is 0. The summed E-state index contributed by atoms with van der Waals surface area (Å²) in [5, 5.41) is 5.45. The molecule has 1 atom stereocenters. The lowest BCUT2D eigenvalue weighted by Crippen LogP contribution is -2.48. The SMILES string of the molecule is CCc1cnc(CCNC(=NC)N2CCSC(CC)C2)s1.I. The van der Waals surface area contributed by atoms with Crippen molar-refractivity contribution >= 4 is 53.0 Å². The number of hydrogen-bond acceptors (Lipinski definition) is 4. The Morgan fingerprint density at radius 1 is 1.50 bits per heavy atom. The van der Waals surface area contributed by atoms with Crippen molar-refractivity contribution in [2.45, 2.75) is 38.4 Å². The third-order valence-electron chi connectivity index (χ3n) is 3.68. The second-order valence-corrected chi connectivity index (χ2v) is 7.75. The Labute approximate surface area is 159 Å². The monoisotopic (exact) mass is 454 g/mol. The molecule has 1 aliphatic rings. The van der Waals surface area contributed by atoms with Crippen LogP contribution >= 0.6 is 47.1 Å². The number of guanidine groups is 1. The van der Waals surface area contributed by atoms with Gasteiger partial charge in [0.15, 0.2) is 5.96 Å². The molecule has 126 valence electrons. The molecule has 7 heteroatoms. The van der Waals surface area contributed by atoms with Gasteiger partial charge in [-0.1, -0.05) is 13.8 Å². The van der Waals surface area contributed by atoms with Crippen LogP contribution in [0.1, 0.15) is 30.2 Å². The molecule has 22 heavy (non-hydrogen) atoms. The van der Waals surface area contributed by atoms with E-state index in [9.17, 15) is 0 Å². The van der Waals surface area contributed by atoms with E-state index in [-0.39, 0.29) is 24.0 Å². The Bertz CT molecular complexity index is 464. The molecule has 1 N–H and O–H groups in total. The molecule has 0 aromatic carbocycles. The van der Waals surface area contributed by atoms with E-state index >= 15 is 0 Å². The van der Waals surface area contributed by atoms with Gasteiger partial charge in [-0.15, -0.1) is 35.3 Å². The van der Waals surface area contributed by atoms with E-state index in [4.69, 9.17) is 0 Å². The van der Waals surface area contributed by atoms with Gasteiger partial charge in [-0.2, -0.15) is 11.8 Å². The van der Waals surface area contributed by atoms with Crippen molar-refractivity contribution in [3.05, 3.63) is 16.1 Å². The Hall–Kier alpha value is -0.0200. The van der Waals surface area contributed by atoms with E-state index in [1.54, 1.807) is 0 Å². The molecule has 1 fully saturated rings. The van der Waals surface area contributed by atoms with Crippen molar-refractivity contribution in [3.63, 3.8) is 0 Å². The largest absolute Gasteiger partial charge is 0.356 e. The maximum atomic E-state index is 4.47. The highest BCUT2D eigenvalue weighted by Gasteiger charge is 2.21. The van der Waals surface area contributed by atoms with Gasteiger partial charge in [-0.05, 0) is 12.8 Å². The van der Waals surface area contributed by atoms with Gasteiger partial charge in [0.05, 0.1) is 5.01 Å². The van der Waals surface area contributed by atoms with E-state index < -0.39 is 0 Å². The van der Waals surface area contributed by atoms with Crippen LogP contribution in [-0.4, -0.2) is 53.5 Å². The molecule has 2 heterocycles. The van der Waals surface area contributed by atoms with Crippen LogP contribution < -0.4 is 5.32 Å². The summed E-state index contributed by atoms with van der Waals surface area (Å²) in [6, 6.07) is 0. The van der Waals surface area contributed by atoms with Gasteiger partial charge >= 0.3 is 0 Å². The first-order valence-corrected chi connectivity index (χ1v) is 9.64. The van der Waals surface area contributed by atoms with Crippen molar-refractivity contribution in [2.75, 3.05) is 32.4 Å². The highest BCUT2D eigenvalue weighted by Crippen LogP contribution is 2.21. The number of aromatic nitrogens is 1. The first kappa shape index (κ1) is 20.0. The van der Waals surface area contributed by atoms with Crippen molar-refractivity contribution in [1.82, 2.24) is 15.2 Å². The maximum Gasteiger partial charge on any atom is 0.193 e. The molecule has 1 aliphatic heterocycles. The predicted octanol–water partition coefficient (Wildman–Crippen LogP) is 3.27. The lowest BCUT2D eigenvalue weighted by Gasteiger charge is -2.34. The van der Waals surface area contributed by atoms with Crippen molar-refractivity contribution in [1.29, 1.82) is 0 Å². The van der Waals surface area contributed by atoms with Gasteiger partial charge in [-0.25, -0.2) is 4.98 Å². The number of halogens is 1. The van der Waals surface area contributed by atoms with E-state index in [0.29, 0.717) is 0 Å². The number of nitrogens with one attached hydrogen (secondary N) is 1. The first-order chi connectivity index (χ1) is 10.3. The van der Waals surface area contributed by atoms with Gasteiger partial charge in [0.2, 0.25) is 0 Å². The first-order valence-electron chi connectivity index (χ1n) is 7.77. The highest BCUT2D eigenvalue weighted by molar-refractivity contribution is 14.0. The average molecular weight is 454 g/mol. The van der Waals surface area contributed by atoms with Crippen LogP contribution in [-0.2, 0) is 12.8 Å². The van der Waals surface area contributed by atoms with Crippen LogP contribution in [0, 0.1) is 0 Å². The van der Waals surface area contributed by atoms with E-state index in [2.05, 4.69) is 45.8 Å². The van der Waals surface area contributed by atoms with Crippen LogP contribution in [0.3, 0.4) is 0 Å². The number of aliphatic imine (C=N–C) groups is 1. The Kier molecular flexibility index (Phi) is 9.74. The molecule has 0 saturated carbocycles.